The summed E-state index contributed by atoms with van der Waals surface area (Å²) in [6.07, 6.45) is 24.4. The van der Waals surface area contributed by atoms with Crippen LogP contribution >= 0.6 is 20.2 Å². The van der Waals surface area contributed by atoms with Crippen LogP contribution in [0.2, 0.25) is 0 Å². The number of aliphatic carboxylic acids is 1. The van der Waals surface area contributed by atoms with Gasteiger partial charge in [-0.1, -0.05) is 121 Å². The Morgan fingerprint density at radius 3 is 1.76 bits per heavy atom. The van der Waals surface area contributed by atoms with Crippen molar-refractivity contribution in [3.05, 3.63) is 0 Å². The summed E-state index contributed by atoms with van der Waals surface area (Å²) in [5.74, 6) is -0.460. The first-order chi connectivity index (χ1) is 17.9. The van der Waals surface area contributed by atoms with Gasteiger partial charge in [0.2, 0.25) is 0 Å². The molecule has 4 atom stereocenters. The van der Waals surface area contributed by atoms with Crippen molar-refractivity contribution in [1.29, 1.82) is 0 Å². The molecule has 0 heterocycles. The van der Waals surface area contributed by atoms with Crippen LogP contribution in [0.5, 0.6) is 0 Å². The molecule has 0 aromatic rings. The Hall–Kier alpha value is -0.200. The summed E-state index contributed by atoms with van der Waals surface area (Å²) in [6, 6.07) is 0. The Kier molecular flexibility index (Phi) is 25.9. The quantitative estimate of drug-likeness (QED) is 0.0532. The van der Waals surface area contributed by atoms with Gasteiger partial charge in [-0.2, -0.15) is 11.8 Å². The summed E-state index contributed by atoms with van der Waals surface area (Å²) in [5.41, 5.74) is -2.61. The number of carboxylic acids is 1. The van der Waals surface area contributed by atoms with E-state index in [1.54, 1.807) is 0 Å². The highest BCUT2D eigenvalue weighted by molar-refractivity contribution is 7.99. The van der Waals surface area contributed by atoms with E-state index < -0.39 is 20.0 Å². The number of thioether (sulfide) groups is 1. The number of rotatable bonds is 29. The van der Waals surface area contributed by atoms with Gasteiger partial charge in [0.15, 0.2) is 0 Å². The Morgan fingerprint density at radius 1 is 0.784 bits per heavy atom. The monoisotopic (exact) mass is 565 g/mol. The molecule has 4 unspecified atom stereocenters. The van der Waals surface area contributed by atoms with Gasteiger partial charge in [-0.05, 0) is 31.9 Å². The summed E-state index contributed by atoms with van der Waals surface area (Å²) in [6.45, 7) is 7.05. The van der Waals surface area contributed by atoms with Crippen molar-refractivity contribution in [1.82, 2.24) is 0 Å². The minimum absolute atomic E-state index is 0.0149. The maximum Gasteiger partial charge on any atom is 0.470 e. The maximum absolute atomic E-state index is 11.0. The average molecular weight is 566 g/mol. The normalized spacial score (nSPS) is 15.0. The highest BCUT2D eigenvalue weighted by Crippen LogP contribution is 2.26. The third-order valence-corrected chi connectivity index (χ3v) is 9.06. The minimum atomic E-state index is -2.61. The van der Waals surface area contributed by atoms with E-state index in [-0.39, 0.29) is 12.7 Å². The van der Waals surface area contributed by atoms with Crippen LogP contribution in [-0.2, 0) is 18.8 Å². The van der Waals surface area contributed by atoms with E-state index in [9.17, 15) is 14.5 Å². The molecule has 0 aliphatic carbocycles. The molecule has 6 nitrogen and oxygen atoms in total. The molecule has 0 saturated heterocycles. The number of aliphatic hydroxyl groups is 1. The molecule has 0 aliphatic heterocycles. The lowest BCUT2D eigenvalue weighted by atomic mass is 10.1. The van der Waals surface area contributed by atoms with Gasteiger partial charge < -0.3 is 19.7 Å². The van der Waals surface area contributed by atoms with Gasteiger partial charge in [0.1, 0.15) is 0 Å². The summed E-state index contributed by atoms with van der Waals surface area (Å²) < 4.78 is 21.9. The topological polar surface area (TPSA) is 93.1 Å². The van der Waals surface area contributed by atoms with Crippen LogP contribution in [0.3, 0.4) is 0 Å². The second kappa shape index (κ2) is 26.0. The zero-order valence-corrected chi connectivity index (χ0v) is 26.0. The molecule has 2 N–H and O–H groups in total. The molecule has 0 aromatic heterocycles. The number of carboxylic acid groups (broad SMARTS) is 1. The number of unbranched alkanes of at least 4 members (excludes halogenated alkanes) is 15. The van der Waals surface area contributed by atoms with Crippen molar-refractivity contribution in [2.45, 2.75) is 160 Å². The smallest absolute Gasteiger partial charge is 0.470 e. The lowest BCUT2D eigenvalue weighted by Gasteiger charge is -2.24. The standard InChI is InChI=1S/C29H57O6PS/c1-4-6-8-10-12-13-14-16-18-20-25-37-27(22-19-17-15-11-9-7-5-2)26(3)34-23-21-24-35-29(32,36-33)28(30)31/h26-27,32H,4-25H2,1-3H3,(H,30,31)/p+1. The van der Waals surface area contributed by atoms with Crippen molar-refractivity contribution in [2.75, 3.05) is 19.0 Å². The molecule has 8 heteroatoms. The first-order valence-corrected chi connectivity index (χ1v) is 17.1. The number of hydrogen-bond donors (Lipinski definition) is 2. The third kappa shape index (κ3) is 21.3. The lowest BCUT2D eigenvalue weighted by Crippen LogP contribution is -2.36. The zero-order chi connectivity index (χ0) is 27.6. The maximum atomic E-state index is 11.0. The highest BCUT2D eigenvalue weighted by Gasteiger charge is 2.47. The van der Waals surface area contributed by atoms with E-state index in [0.29, 0.717) is 18.3 Å². The Balaban J connectivity index is 4.24. The summed E-state index contributed by atoms with van der Waals surface area (Å²) >= 11 is 2.04. The molecule has 0 saturated carbocycles. The Labute approximate surface area is 233 Å². The Bertz CT molecular complexity index is 539. The van der Waals surface area contributed by atoms with Gasteiger partial charge >= 0.3 is 20.0 Å². The molecule has 0 amide bonds. The third-order valence-electron chi connectivity index (χ3n) is 6.85. The molecular weight excluding hydrogens is 507 g/mol. The lowest BCUT2D eigenvalue weighted by molar-refractivity contribution is -0.190. The minimum Gasteiger partial charge on any atom is -0.474 e. The number of hydrogen-bond acceptors (Lipinski definition) is 6. The van der Waals surface area contributed by atoms with Crippen LogP contribution in [0.4, 0.5) is 0 Å². The molecule has 0 aliphatic rings. The number of carbonyl (C=O) groups is 1. The van der Waals surface area contributed by atoms with E-state index in [0.717, 1.165) is 6.42 Å². The largest absolute Gasteiger partial charge is 0.474 e. The van der Waals surface area contributed by atoms with Gasteiger partial charge in [-0.25, -0.2) is 4.79 Å². The fourth-order valence-electron chi connectivity index (χ4n) is 4.37. The van der Waals surface area contributed by atoms with Crippen molar-refractivity contribution >= 4 is 26.2 Å². The fraction of sp³-hybridized carbons (Fsp3) is 0.966. The van der Waals surface area contributed by atoms with Crippen LogP contribution in [0, 0.1) is 0 Å². The van der Waals surface area contributed by atoms with Crippen LogP contribution in [-0.4, -0.2) is 52.0 Å². The second-order valence-electron chi connectivity index (χ2n) is 10.3. The molecule has 0 radical (unpaired) electrons. The van der Waals surface area contributed by atoms with Crippen LogP contribution < -0.4 is 0 Å². The van der Waals surface area contributed by atoms with Gasteiger partial charge in [0.05, 0.1) is 12.7 Å². The van der Waals surface area contributed by atoms with Gasteiger partial charge in [-0.15, -0.1) is 0 Å². The van der Waals surface area contributed by atoms with Crippen LogP contribution in [0.15, 0.2) is 0 Å². The number of ether oxygens (including phenoxy) is 2. The van der Waals surface area contributed by atoms with E-state index in [1.165, 1.54) is 115 Å². The van der Waals surface area contributed by atoms with E-state index in [4.69, 9.17) is 14.6 Å². The summed E-state index contributed by atoms with van der Waals surface area (Å²) in [4.78, 5) is 11.0. The fourth-order valence-corrected chi connectivity index (χ4v) is 5.98. The average Bonchev–Trinajstić information content (AvgIpc) is 2.89. The summed E-state index contributed by atoms with van der Waals surface area (Å²) in [7, 11) is -1.48. The molecule has 0 aromatic carbocycles. The predicted molar refractivity (Wildman–Crippen MR) is 158 cm³/mol. The van der Waals surface area contributed by atoms with Crippen molar-refractivity contribution < 1.29 is 29.0 Å². The zero-order valence-electron chi connectivity index (χ0n) is 24.1. The first-order valence-electron chi connectivity index (χ1n) is 15.1. The summed E-state index contributed by atoms with van der Waals surface area (Å²) in [5, 5.41) is 19.0. The molecule has 0 fully saturated rings. The van der Waals surface area contributed by atoms with Crippen LogP contribution in [0.25, 0.3) is 0 Å². The van der Waals surface area contributed by atoms with Crippen molar-refractivity contribution in [2.24, 2.45) is 0 Å². The second-order valence-corrected chi connectivity index (χ2v) is 12.6. The van der Waals surface area contributed by atoms with Gasteiger partial charge in [0, 0.05) is 11.9 Å². The van der Waals surface area contributed by atoms with Gasteiger partial charge in [-0.3, -0.25) is 0 Å². The highest BCUT2D eigenvalue weighted by atomic mass is 32.2. The van der Waals surface area contributed by atoms with E-state index in [2.05, 4.69) is 20.8 Å². The van der Waals surface area contributed by atoms with E-state index >= 15 is 0 Å². The van der Waals surface area contributed by atoms with Crippen molar-refractivity contribution in [3.63, 3.8) is 0 Å². The molecule has 37 heavy (non-hydrogen) atoms. The molecule has 220 valence electrons. The van der Waals surface area contributed by atoms with Crippen LogP contribution in [0.1, 0.15) is 143 Å². The molecular formula is C29H58O6PS+. The molecule has 0 spiro atoms. The van der Waals surface area contributed by atoms with E-state index in [1.807, 2.05) is 11.8 Å². The Morgan fingerprint density at radius 2 is 1.27 bits per heavy atom. The van der Waals surface area contributed by atoms with Gasteiger partial charge in [0.25, 0.3) is 0 Å². The molecule has 0 rings (SSSR count). The predicted octanol–water partition coefficient (Wildman–Crippen LogP) is 8.72. The molecule has 0 bridgehead atoms. The van der Waals surface area contributed by atoms with Crippen molar-refractivity contribution in [3.8, 4) is 0 Å². The first kappa shape index (κ1) is 36.8. The SMILES string of the molecule is CCCCCCCCCCCCSC(CCCCCCCCC)C(C)OCCCOC(O)([PH+]=O)C(=O)O.